The lowest BCUT2D eigenvalue weighted by Crippen LogP contribution is -2.14. The number of nitrogens with zero attached hydrogens (tertiary/aromatic N) is 1. The smallest absolute Gasteiger partial charge is 0.340 e. The largest absolute Gasteiger partial charge is 0.416 e. The third kappa shape index (κ3) is 3.42. The van der Waals surface area contributed by atoms with Crippen molar-refractivity contribution in [2.75, 3.05) is 6.26 Å². The van der Waals surface area contributed by atoms with Crippen LogP contribution < -0.4 is 0 Å². The van der Waals surface area contributed by atoms with Crippen molar-refractivity contribution in [1.29, 1.82) is 0 Å². The van der Waals surface area contributed by atoms with Crippen molar-refractivity contribution >= 4 is 20.7 Å². The lowest BCUT2D eigenvalue weighted by atomic mass is 10.1. The van der Waals surface area contributed by atoms with Crippen LogP contribution in [0.3, 0.4) is 0 Å². The number of sulfone groups is 1. The van der Waals surface area contributed by atoms with Gasteiger partial charge in [0.1, 0.15) is 0 Å². The van der Waals surface area contributed by atoms with Crippen LogP contribution in [-0.2, 0) is 22.6 Å². The SMILES string of the molecule is Cc1cc2ccccc2n1Cc1ccc(S(C)(=O)=O)cc1C(F)(F)F. The Bertz CT molecular complexity index is 1050. The summed E-state index contributed by atoms with van der Waals surface area (Å²) in [5.41, 5.74) is 0.777. The first kappa shape index (κ1) is 17.5. The molecule has 2 aromatic carbocycles. The summed E-state index contributed by atoms with van der Waals surface area (Å²) in [7, 11) is -3.71. The van der Waals surface area contributed by atoms with Crippen LogP contribution >= 0.6 is 0 Å². The molecule has 0 atom stereocenters. The van der Waals surface area contributed by atoms with Crippen molar-refractivity contribution in [3.8, 4) is 0 Å². The molecule has 3 aromatic rings. The number of aromatic nitrogens is 1. The molecule has 0 radical (unpaired) electrons. The summed E-state index contributed by atoms with van der Waals surface area (Å²) in [6.07, 6.45) is -3.74. The highest BCUT2D eigenvalue weighted by Gasteiger charge is 2.34. The molecule has 132 valence electrons. The number of benzene rings is 2. The average molecular weight is 367 g/mol. The zero-order chi connectivity index (χ0) is 18.4. The standard InChI is InChI=1S/C18H16F3NO2S/c1-12-9-13-5-3-4-6-17(13)22(12)11-14-7-8-15(25(2,23)24)10-16(14)18(19,20)21/h3-10H,11H2,1-2H3. The molecule has 0 saturated heterocycles. The zero-order valence-corrected chi connectivity index (χ0v) is 14.4. The minimum Gasteiger partial charge on any atom is -0.340 e. The van der Waals surface area contributed by atoms with Gasteiger partial charge in [0, 0.05) is 24.0 Å². The fourth-order valence-corrected chi connectivity index (χ4v) is 3.56. The lowest BCUT2D eigenvalue weighted by molar-refractivity contribution is -0.138. The van der Waals surface area contributed by atoms with Crippen LogP contribution in [0.25, 0.3) is 10.9 Å². The zero-order valence-electron chi connectivity index (χ0n) is 13.6. The Kier molecular flexibility index (Phi) is 4.15. The lowest BCUT2D eigenvalue weighted by Gasteiger charge is -2.16. The Balaban J connectivity index is 2.15. The Morgan fingerprint density at radius 1 is 1.04 bits per heavy atom. The second kappa shape index (κ2) is 5.91. The summed E-state index contributed by atoms with van der Waals surface area (Å²) in [5, 5.41) is 0.946. The molecule has 0 aliphatic rings. The number of rotatable bonds is 3. The first-order valence-electron chi connectivity index (χ1n) is 7.52. The molecule has 0 aliphatic heterocycles. The van der Waals surface area contributed by atoms with Crippen molar-refractivity contribution < 1.29 is 21.6 Å². The molecule has 3 nitrogen and oxygen atoms in total. The molecule has 0 bridgehead atoms. The van der Waals surface area contributed by atoms with Crippen LogP contribution in [0.4, 0.5) is 13.2 Å². The predicted molar refractivity (Wildman–Crippen MR) is 90.3 cm³/mol. The van der Waals surface area contributed by atoms with Crippen molar-refractivity contribution in [3.05, 3.63) is 65.4 Å². The van der Waals surface area contributed by atoms with E-state index in [-0.39, 0.29) is 17.0 Å². The third-order valence-electron chi connectivity index (χ3n) is 4.16. The summed E-state index contributed by atoms with van der Waals surface area (Å²) < 4.78 is 65.4. The van der Waals surface area contributed by atoms with E-state index in [0.29, 0.717) is 6.07 Å². The second-order valence-corrected chi connectivity index (χ2v) is 8.04. The fraction of sp³-hybridized carbons (Fsp3) is 0.222. The van der Waals surface area contributed by atoms with Crippen LogP contribution in [0.5, 0.6) is 0 Å². The minimum absolute atomic E-state index is 0.0121. The van der Waals surface area contributed by atoms with Gasteiger partial charge in [-0.15, -0.1) is 0 Å². The van der Waals surface area contributed by atoms with E-state index in [4.69, 9.17) is 0 Å². The predicted octanol–water partition coefficient (Wildman–Crippen LogP) is 4.42. The quantitative estimate of drug-likeness (QED) is 0.687. The number of para-hydroxylation sites is 1. The van der Waals surface area contributed by atoms with Crippen LogP contribution in [0.2, 0.25) is 0 Å². The van der Waals surface area contributed by atoms with Gasteiger partial charge in [-0.3, -0.25) is 0 Å². The maximum absolute atomic E-state index is 13.5. The van der Waals surface area contributed by atoms with Crippen molar-refractivity contribution in [3.63, 3.8) is 0 Å². The van der Waals surface area contributed by atoms with Crippen molar-refractivity contribution in [2.24, 2.45) is 0 Å². The van der Waals surface area contributed by atoms with E-state index in [1.54, 1.807) is 4.57 Å². The highest BCUT2D eigenvalue weighted by Crippen LogP contribution is 2.34. The monoisotopic (exact) mass is 367 g/mol. The van der Waals surface area contributed by atoms with Gasteiger partial charge in [0.2, 0.25) is 0 Å². The molecule has 7 heteroatoms. The highest BCUT2D eigenvalue weighted by molar-refractivity contribution is 7.90. The number of aryl methyl sites for hydroxylation is 1. The van der Waals surface area contributed by atoms with E-state index < -0.39 is 21.6 Å². The van der Waals surface area contributed by atoms with Crippen LogP contribution in [0.15, 0.2) is 53.4 Å². The number of hydrogen-bond donors (Lipinski definition) is 0. The van der Waals surface area contributed by atoms with Gasteiger partial charge in [0.15, 0.2) is 9.84 Å². The van der Waals surface area contributed by atoms with Gasteiger partial charge in [-0.05, 0) is 42.1 Å². The van der Waals surface area contributed by atoms with Gasteiger partial charge in [0.25, 0.3) is 0 Å². The van der Waals surface area contributed by atoms with E-state index in [9.17, 15) is 21.6 Å². The molecule has 0 unspecified atom stereocenters. The number of alkyl halides is 3. The van der Waals surface area contributed by atoms with E-state index in [2.05, 4.69) is 0 Å². The molecule has 0 spiro atoms. The number of fused-ring (bicyclic) bond motifs is 1. The van der Waals surface area contributed by atoms with Gasteiger partial charge in [0.05, 0.1) is 10.5 Å². The van der Waals surface area contributed by atoms with E-state index in [1.165, 1.54) is 12.1 Å². The molecule has 1 aromatic heterocycles. The molecule has 0 amide bonds. The molecular formula is C18H16F3NO2S. The van der Waals surface area contributed by atoms with Crippen LogP contribution in [-0.4, -0.2) is 19.2 Å². The average Bonchev–Trinajstić information content (AvgIpc) is 2.81. The number of hydrogen-bond acceptors (Lipinski definition) is 2. The molecule has 1 heterocycles. The van der Waals surface area contributed by atoms with Crippen LogP contribution in [0.1, 0.15) is 16.8 Å². The normalized spacial score (nSPS) is 12.7. The molecule has 3 rings (SSSR count). The van der Waals surface area contributed by atoms with E-state index >= 15 is 0 Å². The Morgan fingerprint density at radius 3 is 2.36 bits per heavy atom. The van der Waals surface area contributed by atoms with Crippen LogP contribution in [0, 0.1) is 6.92 Å². The fourth-order valence-electron chi connectivity index (χ4n) is 2.92. The first-order chi connectivity index (χ1) is 11.6. The second-order valence-electron chi connectivity index (χ2n) is 6.02. The Hall–Kier alpha value is -2.28. The maximum Gasteiger partial charge on any atom is 0.416 e. The summed E-state index contributed by atoms with van der Waals surface area (Å²) in [4.78, 5) is -0.335. The summed E-state index contributed by atoms with van der Waals surface area (Å²) in [6, 6.07) is 12.5. The van der Waals surface area contributed by atoms with Crippen molar-refractivity contribution in [2.45, 2.75) is 24.5 Å². The van der Waals surface area contributed by atoms with E-state index in [0.717, 1.165) is 22.9 Å². The molecule has 25 heavy (non-hydrogen) atoms. The molecule has 0 aliphatic carbocycles. The van der Waals surface area contributed by atoms with Crippen molar-refractivity contribution in [1.82, 2.24) is 4.57 Å². The molecule has 0 saturated carbocycles. The van der Waals surface area contributed by atoms with Gasteiger partial charge >= 0.3 is 6.18 Å². The van der Waals surface area contributed by atoms with Gasteiger partial charge in [-0.2, -0.15) is 13.2 Å². The highest BCUT2D eigenvalue weighted by atomic mass is 32.2. The summed E-state index contributed by atoms with van der Waals surface area (Å²) in [5.74, 6) is 0. The molecule has 0 N–H and O–H groups in total. The van der Waals surface area contributed by atoms with Gasteiger partial charge in [-0.25, -0.2) is 8.42 Å². The maximum atomic E-state index is 13.5. The van der Waals surface area contributed by atoms with Gasteiger partial charge < -0.3 is 4.57 Å². The van der Waals surface area contributed by atoms with E-state index in [1.807, 2.05) is 37.3 Å². The van der Waals surface area contributed by atoms with Gasteiger partial charge in [-0.1, -0.05) is 24.3 Å². The summed E-state index contributed by atoms with van der Waals surface area (Å²) >= 11 is 0. The first-order valence-corrected chi connectivity index (χ1v) is 9.41. The molecular weight excluding hydrogens is 351 g/mol. The Labute approximate surface area is 143 Å². The number of halogens is 3. The minimum atomic E-state index is -4.63. The third-order valence-corrected chi connectivity index (χ3v) is 5.27. The topological polar surface area (TPSA) is 39.1 Å². The Morgan fingerprint density at radius 2 is 1.72 bits per heavy atom. The molecule has 0 fully saturated rings. The summed E-state index contributed by atoms with van der Waals surface area (Å²) in [6.45, 7) is 1.84.